The molecule has 168 valence electrons. The normalized spacial score (nSPS) is 14.6. The van der Waals surface area contributed by atoms with E-state index in [1.54, 1.807) is 0 Å². The van der Waals surface area contributed by atoms with Gasteiger partial charge in [0.05, 0.1) is 5.56 Å². The Morgan fingerprint density at radius 2 is 1.88 bits per heavy atom. The van der Waals surface area contributed by atoms with Crippen LogP contribution in [0.5, 0.6) is 5.75 Å². The van der Waals surface area contributed by atoms with E-state index in [-0.39, 0.29) is 12.5 Å². The zero-order chi connectivity index (χ0) is 22.7. The first-order chi connectivity index (χ1) is 15.4. The zero-order valence-corrected chi connectivity index (χ0v) is 19.5. The maximum absolute atomic E-state index is 13.2. The number of hydrogen-bond donors (Lipinski definition) is 0. The summed E-state index contributed by atoms with van der Waals surface area (Å²) in [5, 5.41) is 4.81. The van der Waals surface area contributed by atoms with E-state index >= 15 is 0 Å². The second-order valence-corrected chi connectivity index (χ2v) is 8.76. The summed E-state index contributed by atoms with van der Waals surface area (Å²) in [4.78, 5) is 17.4. The van der Waals surface area contributed by atoms with Crippen LogP contribution in [0.1, 0.15) is 38.5 Å². The molecule has 0 unspecified atom stereocenters. The third-order valence-electron chi connectivity index (χ3n) is 5.86. The Labute approximate surface area is 193 Å². The van der Waals surface area contributed by atoms with Crippen LogP contribution in [0.15, 0.2) is 47.0 Å². The number of nitrogens with zero attached hydrogens (tertiary/aromatic N) is 3. The number of amides is 1. The summed E-state index contributed by atoms with van der Waals surface area (Å²) in [6.07, 6.45) is 0. The molecule has 0 radical (unpaired) electrons. The molecule has 0 bridgehead atoms. The average Bonchev–Trinajstić information content (AvgIpc) is 3.15. The standard InChI is InChI=1S/C25H28ClN3O3/c1-17-7-8-18(2)23(13-17)31-16-22-19(3)32-27-24(22)25(30)29-11-9-28(10-12-29)15-20-5-4-6-21(26)14-20/h4-8,13-14H,9-12,15-16H2,1-3H3. The van der Waals surface area contributed by atoms with E-state index in [2.05, 4.69) is 16.1 Å². The Balaban J connectivity index is 1.38. The lowest BCUT2D eigenvalue weighted by atomic mass is 10.1. The van der Waals surface area contributed by atoms with Gasteiger partial charge in [0.15, 0.2) is 5.69 Å². The fourth-order valence-corrected chi connectivity index (χ4v) is 4.11. The van der Waals surface area contributed by atoms with E-state index in [4.69, 9.17) is 20.9 Å². The van der Waals surface area contributed by atoms with Crippen molar-refractivity contribution < 1.29 is 14.1 Å². The van der Waals surface area contributed by atoms with Crippen molar-refractivity contribution in [3.8, 4) is 5.75 Å². The molecular weight excluding hydrogens is 426 g/mol. The number of hydrogen-bond acceptors (Lipinski definition) is 5. The number of halogens is 1. The largest absolute Gasteiger partial charge is 0.488 e. The average molecular weight is 454 g/mol. The number of aryl methyl sites for hydroxylation is 3. The highest BCUT2D eigenvalue weighted by Crippen LogP contribution is 2.23. The fourth-order valence-electron chi connectivity index (χ4n) is 3.89. The van der Waals surface area contributed by atoms with Gasteiger partial charge in [0.2, 0.25) is 0 Å². The van der Waals surface area contributed by atoms with Gasteiger partial charge >= 0.3 is 0 Å². The minimum Gasteiger partial charge on any atom is -0.488 e. The van der Waals surface area contributed by atoms with E-state index in [1.807, 2.05) is 62.1 Å². The molecule has 1 amide bonds. The van der Waals surface area contributed by atoms with Crippen LogP contribution < -0.4 is 4.74 Å². The summed E-state index contributed by atoms with van der Waals surface area (Å²) in [7, 11) is 0. The first kappa shape index (κ1) is 22.4. The molecule has 2 aromatic carbocycles. The minimum atomic E-state index is -0.108. The van der Waals surface area contributed by atoms with Gasteiger partial charge in [-0.2, -0.15) is 0 Å². The third kappa shape index (κ3) is 5.14. The van der Waals surface area contributed by atoms with Crippen LogP contribution in [-0.2, 0) is 13.2 Å². The van der Waals surface area contributed by atoms with Crippen LogP contribution in [-0.4, -0.2) is 47.0 Å². The quantitative estimate of drug-likeness (QED) is 0.537. The predicted molar refractivity (Wildman–Crippen MR) is 124 cm³/mol. The second-order valence-electron chi connectivity index (χ2n) is 8.32. The van der Waals surface area contributed by atoms with Crippen LogP contribution in [0.2, 0.25) is 5.02 Å². The lowest BCUT2D eigenvalue weighted by Crippen LogP contribution is -2.48. The highest BCUT2D eigenvalue weighted by atomic mass is 35.5. The van der Waals surface area contributed by atoms with Gasteiger partial charge in [0.1, 0.15) is 18.1 Å². The van der Waals surface area contributed by atoms with E-state index in [0.717, 1.165) is 41.5 Å². The van der Waals surface area contributed by atoms with Crippen LogP contribution >= 0.6 is 11.6 Å². The smallest absolute Gasteiger partial charge is 0.276 e. The Bertz CT molecular complexity index is 1100. The third-order valence-corrected chi connectivity index (χ3v) is 6.09. The van der Waals surface area contributed by atoms with Gasteiger partial charge in [-0.1, -0.05) is 41.0 Å². The van der Waals surface area contributed by atoms with Gasteiger partial charge in [-0.15, -0.1) is 0 Å². The van der Waals surface area contributed by atoms with Crippen LogP contribution in [0.4, 0.5) is 0 Å². The molecular formula is C25H28ClN3O3. The highest BCUT2D eigenvalue weighted by molar-refractivity contribution is 6.30. The molecule has 0 spiro atoms. The molecule has 1 aromatic heterocycles. The topological polar surface area (TPSA) is 58.8 Å². The lowest BCUT2D eigenvalue weighted by molar-refractivity contribution is 0.0616. The van der Waals surface area contributed by atoms with Gasteiger partial charge in [-0.05, 0) is 55.7 Å². The van der Waals surface area contributed by atoms with Gasteiger partial charge in [-0.25, -0.2) is 0 Å². The molecule has 1 aliphatic heterocycles. The minimum absolute atomic E-state index is 0.108. The van der Waals surface area contributed by atoms with E-state index in [0.29, 0.717) is 30.1 Å². The molecule has 0 aliphatic carbocycles. The molecule has 0 saturated carbocycles. The summed E-state index contributed by atoms with van der Waals surface area (Å²) in [5.74, 6) is 1.31. The van der Waals surface area contributed by atoms with E-state index < -0.39 is 0 Å². The van der Waals surface area contributed by atoms with Crippen molar-refractivity contribution in [3.05, 3.63) is 81.2 Å². The Morgan fingerprint density at radius 1 is 1.09 bits per heavy atom. The fraction of sp³-hybridized carbons (Fsp3) is 0.360. The van der Waals surface area contributed by atoms with Crippen LogP contribution in [0, 0.1) is 20.8 Å². The summed E-state index contributed by atoms with van der Waals surface area (Å²) in [6, 6.07) is 14.0. The van der Waals surface area contributed by atoms with Crippen molar-refractivity contribution in [1.82, 2.24) is 15.0 Å². The summed E-state index contributed by atoms with van der Waals surface area (Å²) in [5.41, 5.74) is 4.40. The number of aromatic nitrogens is 1. The second kappa shape index (κ2) is 9.76. The monoisotopic (exact) mass is 453 g/mol. The zero-order valence-electron chi connectivity index (χ0n) is 18.7. The highest BCUT2D eigenvalue weighted by Gasteiger charge is 2.28. The van der Waals surface area contributed by atoms with Gasteiger partial charge in [-0.3, -0.25) is 9.69 Å². The van der Waals surface area contributed by atoms with Crippen molar-refractivity contribution >= 4 is 17.5 Å². The number of carbonyl (C=O) groups excluding carboxylic acids is 1. The summed E-state index contributed by atoms with van der Waals surface area (Å²) < 4.78 is 11.4. The number of rotatable bonds is 6. The molecule has 7 heteroatoms. The molecule has 1 saturated heterocycles. The lowest BCUT2D eigenvalue weighted by Gasteiger charge is -2.34. The SMILES string of the molecule is Cc1ccc(C)c(OCc2c(C(=O)N3CCN(Cc4cccc(Cl)c4)CC3)noc2C)c1. The van der Waals surface area contributed by atoms with Crippen molar-refractivity contribution in [3.63, 3.8) is 0 Å². The van der Waals surface area contributed by atoms with Gasteiger partial charge in [0.25, 0.3) is 5.91 Å². The van der Waals surface area contributed by atoms with E-state index in [1.165, 1.54) is 5.56 Å². The Hall–Kier alpha value is -2.83. The predicted octanol–water partition coefficient (Wildman–Crippen LogP) is 4.79. The Kier molecular flexibility index (Phi) is 6.82. The number of piperazine rings is 1. The number of carbonyl (C=O) groups is 1. The molecule has 6 nitrogen and oxygen atoms in total. The van der Waals surface area contributed by atoms with Gasteiger partial charge < -0.3 is 14.2 Å². The van der Waals surface area contributed by atoms with Crippen molar-refractivity contribution in [2.24, 2.45) is 0 Å². The van der Waals surface area contributed by atoms with Crippen molar-refractivity contribution in [2.75, 3.05) is 26.2 Å². The molecule has 0 N–H and O–H groups in total. The van der Waals surface area contributed by atoms with Crippen LogP contribution in [0.25, 0.3) is 0 Å². The maximum atomic E-state index is 13.2. The molecule has 2 heterocycles. The first-order valence-corrected chi connectivity index (χ1v) is 11.2. The first-order valence-electron chi connectivity index (χ1n) is 10.8. The molecule has 1 fully saturated rings. The molecule has 1 aliphatic rings. The van der Waals surface area contributed by atoms with E-state index in [9.17, 15) is 4.79 Å². The van der Waals surface area contributed by atoms with Crippen LogP contribution in [0.3, 0.4) is 0 Å². The number of ether oxygens (including phenoxy) is 1. The summed E-state index contributed by atoms with van der Waals surface area (Å²) >= 11 is 6.10. The Morgan fingerprint density at radius 3 is 2.62 bits per heavy atom. The van der Waals surface area contributed by atoms with Gasteiger partial charge in [0, 0.05) is 37.7 Å². The maximum Gasteiger partial charge on any atom is 0.276 e. The molecule has 3 aromatic rings. The summed E-state index contributed by atoms with van der Waals surface area (Å²) in [6.45, 7) is 9.78. The number of benzene rings is 2. The van der Waals surface area contributed by atoms with Crippen molar-refractivity contribution in [2.45, 2.75) is 33.9 Å². The molecule has 0 atom stereocenters. The molecule has 32 heavy (non-hydrogen) atoms. The molecule has 4 rings (SSSR count). The van der Waals surface area contributed by atoms with Crippen molar-refractivity contribution in [1.29, 1.82) is 0 Å².